The van der Waals surface area contributed by atoms with Crippen LogP contribution in [0.25, 0.3) is 0 Å². The second-order valence-electron chi connectivity index (χ2n) is 3.24. The lowest BCUT2D eigenvalue weighted by Gasteiger charge is -2.07. The van der Waals surface area contributed by atoms with Crippen LogP contribution in [0.1, 0.15) is 24.5 Å². The number of aryl methyl sites for hydroxylation is 1. The number of hydrogen-bond acceptors (Lipinski definition) is 1. The zero-order valence-corrected chi connectivity index (χ0v) is 8.32. The molecule has 1 rings (SSSR count). The molecule has 0 unspecified atom stereocenters. The quantitative estimate of drug-likeness (QED) is 0.791. The highest BCUT2D eigenvalue weighted by atomic mass is 19.1. The summed E-state index contributed by atoms with van der Waals surface area (Å²) in [6, 6.07) is 2.82. The molecule has 1 aromatic rings. The standard InChI is InChI=1S/C11H15F2N/c1-2-8-5-6-10(12)9(11(8)13)4-3-7-14/h5-6H,2-4,7,14H2,1H3. The molecule has 0 radical (unpaired) electrons. The van der Waals surface area contributed by atoms with Crippen LogP contribution in [0, 0.1) is 11.6 Å². The van der Waals surface area contributed by atoms with Crippen LogP contribution in [0.15, 0.2) is 12.1 Å². The maximum absolute atomic E-state index is 13.6. The number of rotatable bonds is 4. The molecule has 3 heteroatoms. The van der Waals surface area contributed by atoms with Crippen molar-refractivity contribution in [3.05, 3.63) is 34.9 Å². The largest absolute Gasteiger partial charge is 0.330 e. The first-order chi connectivity index (χ1) is 6.70. The summed E-state index contributed by atoms with van der Waals surface area (Å²) in [6.07, 6.45) is 1.57. The Hall–Kier alpha value is -0.960. The normalized spacial score (nSPS) is 10.6. The molecule has 0 atom stereocenters. The molecule has 0 aliphatic carbocycles. The average molecular weight is 199 g/mol. The van der Waals surface area contributed by atoms with Gasteiger partial charge in [0.25, 0.3) is 0 Å². The smallest absolute Gasteiger partial charge is 0.132 e. The second-order valence-corrected chi connectivity index (χ2v) is 3.24. The SMILES string of the molecule is CCc1ccc(F)c(CCCN)c1F. The summed E-state index contributed by atoms with van der Waals surface area (Å²) in [6.45, 7) is 2.30. The van der Waals surface area contributed by atoms with Crippen molar-refractivity contribution in [3.63, 3.8) is 0 Å². The van der Waals surface area contributed by atoms with Crippen molar-refractivity contribution in [1.82, 2.24) is 0 Å². The lowest BCUT2D eigenvalue weighted by Crippen LogP contribution is -2.05. The minimum absolute atomic E-state index is 0.176. The number of halogens is 2. The Kier molecular flexibility index (Phi) is 4.01. The fourth-order valence-corrected chi connectivity index (χ4v) is 1.43. The van der Waals surface area contributed by atoms with Gasteiger partial charge in [-0.15, -0.1) is 0 Å². The van der Waals surface area contributed by atoms with Crippen molar-refractivity contribution in [3.8, 4) is 0 Å². The van der Waals surface area contributed by atoms with Crippen molar-refractivity contribution >= 4 is 0 Å². The second kappa shape index (κ2) is 5.05. The summed E-state index contributed by atoms with van der Waals surface area (Å²) in [4.78, 5) is 0. The third-order valence-corrected chi connectivity index (χ3v) is 2.28. The van der Waals surface area contributed by atoms with Gasteiger partial charge in [0.2, 0.25) is 0 Å². The topological polar surface area (TPSA) is 26.0 Å². The molecule has 1 nitrogen and oxygen atoms in total. The average Bonchev–Trinajstić information content (AvgIpc) is 2.18. The van der Waals surface area contributed by atoms with Gasteiger partial charge in [0, 0.05) is 5.56 Å². The molecule has 0 amide bonds. The van der Waals surface area contributed by atoms with E-state index in [1.807, 2.05) is 6.92 Å². The van der Waals surface area contributed by atoms with E-state index >= 15 is 0 Å². The Labute approximate surface area is 82.9 Å². The van der Waals surface area contributed by atoms with Gasteiger partial charge in [0.15, 0.2) is 0 Å². The van der Waals surface area contributed by atoms with Crippen molar-refractivity contribution in [2.24, 2.45) is 5.73 Å². The van der Waals surface area contributed by atoms with Gasteiger partial charge in [0.05, 0.1) is 0 Å². The van der Waals surface area contributed by atoms with Crippen LogP contribution in [0.5, 0.6) is 0 Å². The van der Waals surface area contributed by atoms with Gasteiger partial charge in [-0.2, -0.15) is 0 Å². The molecule has 14 heavy (non-hydrogen) atoms. The minimum Gasteiger partial charge on any atom is -0.330 e. The van der Waals surface area contributed by atoms with Gasteiger partial charge in [-0.25, -0.2) is 8.78 Å². The molecule has 0 saturated heterocycles. The van der Waals surface area contributed by atoms with E-state index < -0.39 is 11.6 Å². The summed E-state index contributed by atoms with van der Waals surface area (Å²) in [5.74, 6) is -0.867. The van der Waals surface area contributed by atoms with Crippen molar-refractivity contribution in [1.29, 1.82) is 0 Å². The van der Waals surface area contributed by atoms with Crippen LogP contribution in [0.3, 0.4) is 0 Å². The molecule has 0 aromatic heterocycles. The Morgan fingerprint density at radius 3 is 2.57 bits per heavy atom. The molecule has 0 aliphatic rings. The number of hydrogen-bond donors (Lipinski definition) is 1. The molecule has 0 heterocycles. The zero-order chi connectivity index (χ0) is 10.6. The Bertz CT molecular complexity index is 310. The van der Waals surface area contributed by atoms with Crippen LogP contribution in [-0.4, -0.2) is 6.54 Å². The van der Waals surface area contributed by atoms with Crippen LogP contribution >= 0.6 is 0 Å². The maximum atomic E-state index is 13.6. The monoisotopic (exact) mass is 199 g/mol. The first-order valence-corrected chi connectivity index (χ1v) is 4.86. The van der Waals surface area contributed by atoms with Crippen molar-refractivity contribution in [2.75, 3.05) is 6.54 Å². The predicted octanol–water partition coefficient (Wildman–Crippen LogP) is 2.42. The highest BCUT2D eigenvalue weighted by Crippen LogP contribution is 2.18. The van der Waals surface area contributed by atoms with Gasteiger partial charge in [-0.3, -0.25) is 0 Å². The summed E-state index contributed by atoms with van der Waals surface area (Å²) in [5.41, 5.74) is 6.05. The first kappa shape index (κ1) is 11.1. The summed E-state index contributed by atoms with van der Waals surface area (Å²) in [5, 5.41) is 0. The van der Waals surface area contributed by atoms with Crippen LogP contribution in [0.4, 0.5) is 8.78 Å². The van der Waals surface area contributed by atoms with E-state index in [-0.39, 0.29) is 5.56 Å². The van der Waals surface area contributed by atoms with Crippen molar-refractivity contribution < 1.29 is 8.78 Å². The van der Waals surface area contributed by atoms with Crippen molar-refractivity contribution in [2.45, 2.75) is 26.2 Å². The lowest BCUT2D eigenvalue weighted by molar-refractivity contribution is 0.542. The fraction of sp³-hybridized carbons (Fsp3) is 0.455. The highest BCUT2D eigenvalue weighted by molar-refractivity contribution is 5.27. The molecule has 0 spiro atoms. The van der Waals surface area contributed by atoms with E-state index in [0.717, 1.165) is 0 Å². The van der Waals surface area contributed by atoms with Gasteiger partial charge < -0.3 is 5.73 Å². The molecule has 0 saturated carbocycles. The molecule has 0 fully saturated rings. The maximum Gasteiger partial charge on any atom is 0.132 e. The third-order valence-electron chi connectivity index (χ3n) is 2.28. The van der Waals surface area contributed by atoms with E-state index in [9.17, 15) is 8.78 Å². The summed E-state index contributed by atoms with van der Waals surface area (Å²) in [7, 11) is 0. The van der Waals surface area contributed by atoms with Gasteiger partial charge in [0.1, 0.15) is 11.6 Å². The van der Waals surface area contributed by atoms with E-state index in [0.29, 0.717) is 31.4 Å². The number of nitrogens with two attached hydrogens (primary N) is 1. The summed E-state index contributed by atoms with van der Waals surface area (Å²) < 4.78 is 26.8. The van der Waals surface area contributed by atoms with E-state index in [1.165, 1.54) is 12.1 Å². The fourth-order valence-electron chi connectivity index (χ4n) is 1.43. The molecule has 1 aromatic carbocycles. The Morgan fingerprint density at radius 2 is 2.00 bits per heavy atom. The van der Waals surface area contributed by atoms with E-state index in [2.05, 4.69) is 0 Å². The van der Waals surface area contributed by atoms with E-state index in [4.69, 9.17) is 5.73 Å². The summed E-state index contributed by atoms with van der Waals surface area (Å²) >= 11 is 0. The first-order valence-electron chi connectivity index (χ1n) is 4.86. The molecule has 0 aliphatic heterocycles. The molecule has 78 valence electrons. The predicted molar refractivity (Wildman–Crippen MR) is 53.1 cm³/mol. The minimum atomic E-state index is -0.465. The third kappa shape index (κ3) is 2.29. The van der Waals surface area contributed by atoms with Gasteiger partial charge in [-0.05, 0) is 37.4 Å². The molecule has 2 N–H and O–H groups in total. The molecular weight excluding hydrogens is 184 g/mol. The van der Waals surface area contributed by atoms with Crippen LogP contribution in [0.2, 0.25) is 0 Å². The zero-order valence-electron chi connectivity index (χ0n) is 8.32. The van der Waals surface area contributed by atoms with E-state index in [1.54, 1.807) is 0 Å². The lowest BCUT2D eigenvalue weighted by atomic mass is 10.0. The van der Waals surface area contributed by atoms with Crippen LogP contribution < -0.4 is 5.73 Å². The van der Waals surface area contributed by atoms with Gasteiger partial charge >= 0.3 is 0 Å². The van der Waals surface area contributed by atoms with Crippen LogP contribution in [-0.2, 0) is 12.8 Å². The Balaban J connectivity index is 2.99. The Morgan fingerprint density at radius 1 is 1.29 bits per heavy atom. The molecule has 0 bridgehead atoms. The highest BCUT2D eigenvalue weighted by Gasteiger charge is 2.11. The van der Waals surface area contributed by atoms with Gasteiger partial charge in [-0.1, -0.05) is 13.0 Å². The number of benzene rings is 1. The molecular formula is C11H15F2N.